The molecule has 0 aliphatic heterocycles. The van der Waals surface area contributed by atoms with Gasteiger partial charge in [0.1, 0.15) is 7.05 Å². The minimum atomic E-state index is 0.153. The quantitative estimate of drug-likeness (QED) is 0.120. The van der Waals surface area contributed by atoms with E-state index in [0.717, 1.165) is 12.3 Å². The molecule has 2 heteroatoms. The van der Waals surface area contributed by atoms with Crippen molar-refractivity contribution in [2.45, 2.75) is 73.1 Å². The molecule has 0 amide bonds. The van der Waals surface area contributed by atoms with Crippen molar-refractivity contribution in [2.75, 3.05) is 0 Å². The fourth-order valence-corrected chi connectivity index (χ4v) is 8.28. The number of aryl methyl sites for hydroxylation is 3. The number of hydrogen-bond donors (Lipinski definition) is 0. The molecule has 4 aromatic carbocycles. The lowest BCUT2D eigenvalue weighted by atomic mass is 9.83. The number of pyridine rings is 2. The van der Waals surface area contributed by atoms with E-state index < -0.39 is 0 Å². The normalized spacial score (nSPS) is 15.3. The van der Waals surface area contributed by atoms with E-state index in [1.165, 1.54) is 114 Å². The molecule has 0 unspecified atom stereocenters. The molecule has 1 fully saturated rings. The summed E-state index contributed by atoms with van der Waals surface area (Å²) < 4.78 is 5.07. The first-order valence-electron chi connectivity index (χ1n) is 15.6. The molecule has 1 aliphatic rings. The van der Waals surface area contributed by atoms with Crippen LogP contribution in [0.15, 0.2) is 60.8 Å². The second kappa shape index (κ2) is 8.68. The number of nitrogens with zero attached hydrogens (tertiary/aromatic N) is 2. The molecule has 0 spiro atoms. The summed E-state index contributed by atoms with van der Waals surface area (Å²) >= 11 is 0. The summed E-state index contributed by atoms with van der Waals surface area (Å²) in [7, 11) is 2.23. The largest absolute Gasteiger partial charge is 0.307 e. The fraction of sp³-hybridized carbons (Fsp3) is 0.359. The minimum Gasteiger partial charge on any atom is -0.307 e. The highest BCUT2D eigenvalue weighted by Crippen LogP contribution is 2.45. The van der Waals surface area contributed by atoms with Crippen molar-refractivity contribution >= 4 is 59.8 Å². The molecule has 7 aromatic rings. The lowest BCUT2D eigenvalue weighted by molar-refractivity contribution is -0.643. The number of aromatic nitrogens is 2. The van der Waals surface area contributed by atoms with E-state index in [1.54, 1.807) is 0 Å². The highest BCUT2D eigenvalue weighted by atomic mass is 15.0. The van der Waals surface area contributed by atoms with Gasteiger partial charge in [-0.25, -0.2) is 4.57 Å². The van der Waals surface area contributed by atoms with Gasteiger partial charge in [-0.15, -0.1) is 0 Å². The Kier molecular flexibility index (Phi) is 5.31. The van der Waals surface area contributed by atoms with Gasteiger partial charge in [-0.2, -0.15) is 0 Å². The van der Waals surface area contributed by atoms with Crippen LogP contribution in [0.2, 0.25) is 0 Å². The van der Waals surface area contributed by atoms with Crippen LogP contribution < -0.4 is 4.57 Å². The smallest absolute Gasteiger partial charge is 0.224 e. The predicted molar refractivity (Wildman–Crippen MR) is 176 cm³/mol. The zero-order valence-electron chi connectivity index (χ0n) is 25.5. The molecular formula is C39H41N2+. The highest BCUT2D eigenvalue weighted by molar-refractivity contribution is 6.29. The maximum Gasteiger partial charge on any atom is 0.224 e. The second-order valence-electron chi connectivity index (χ2n) is 14.4. The van der Waals surface area contributed by atoms with E-state index in [1.807, 2.05) is 0 Å². The van der Waals surface area contributed by atoms with Crippen molar-refractivity contribution in [3.05, 3.63) is 83.0 Å². The summed E-state index contributed by atoms with van der Waals surface area (Å²) in [4.78, 5) is 0. The van der Waals surface area contributed by atoms with Crippen molar-refractivity contribution < 1.29 is 4.57 Å². The third-order valence-electron chi connectivity index (χ3n) is 10.1. The molecule has 0 saturated heterocycles. The Morgan fingerprint density at radius 1 is 0.805 bits per heavy atom. The summed E-state index contributed by atoms with van der Waals surface area (Å²) in [5.41, 5.74) is 11.4. The van der Waals surface area contributed by atoms with Crippen LogP contribution in [-0.4, -0.2) is 4.40 Å². The molecule has 1 aliphatic carbocycles. The van der Waals surface area contributed by atoms with Gasteiger partial charge in [0.25, 0.3) is 0 Å². The molecule has 0 radical (unpaired) electrons. The summed E-state index contributed by atoms with van der Waals surface area (Å²) in [5, 5.41) is 9.69. The van der Waals surface area contributed by atoms with Gasteiger partial charge in [0.05, 0.1) is 27.3 Å². The SMILES string of the molecule is Cc1ccc2c(C)c3c(c(CC(C)(C)C)c2c1)n1c2cc(CC4CCCC4)ccc2c2ccc4cc[n+](C)c3c4c21. The van der Waals surface area contributed by atoms with Gasteiger partial charge in [0, 0.05) is 16.8 Å². The van der Waals surface area contributed by atoms with Crippen molar-refractivity contribution in [2.24, 2.45) is 18.4 Å². The summed E-state index contributed by atoms with van der Waals surface area (Å²) in [6.07, 6.45) is 10.1. The van der Waals surface area contributed by atoms with Crippen LogP contribution in [0.4, 0.5) is 0 Å². The Bertz CT molecular complexity index is 2160. The predicted octanol–water partition coefficient (Wildman–Crippen LogP) is 9.91. The average Bonchev–Trinajstić information content (AvgIpc) is 3.56. The first-order valence-corrected chi connectivity index (χ1v) is 15.6. The van der Waals surface area contributed by atoms with Gasteiger partial charge < -0.3 is 4.40 Å². The second-order valence-corrected chi connectivity index (χ2v) is 14.4. The highest BCUT2D eigenvalue weighted by Gasteiger charge is 2.28. The topological polar surface area (TPSA) is 8.29 Å². The zero-order chi connectivity index (χ0) is 28.2. The molecule has 3 heterocycles. The molecule has 3 aromatic heterocycles. The van der Waals surface area contributed by atoms with E-state index >= 15 is 0 Å². The number of benzene rings is 4. The van der Waals surface area contributed by atoms with E-state index in [-0.39, 0.29) is 5.41 Å². The Balaban J connectivity index is 1.66. The Labute approximate surface area is 242 Å². The van der Waals surface area contributed by atoms with Gasteiger partial charge in [0.2, 0.25) is 5.52 Å². The van der Waals surface area contributed by atoms with Gasteiger partial charge >= 0.3 is 0 Å². The van der Waals surface area contributed by atoms with E-state index in [0.29, 0.717) is 0 Å². The number of fused-ring (bicyclic) bond motifs is 7. The van der Waals surface area contributed by atoms with Gasteiger partial charge in [-0.1, -0.05) is 94.5 Å². The monoisotopic (exact) mass is 537 g/mol. The standard InChI is InChI=1S/C39H41N2/c1-23-11-14-28-24(2)34-37(32(31(28)19-23)22-39(3,4)5)41-33-21-26(20-25-9-7-8-10-25)12-15-29(33)30-16-13-27-17-18-40(6)38(34)35(27)36(30)41/h11-19,21,25H,7-10,20,22H2,1-6H3/q+1. The van der Waals surface area contributed by atoms with Gasteiger partial charge in [0.15, 0.2) is 6.20 Å². The maximum absolute atomic E-state index is 2.70. The van der Waals surface area contributed by atoms with Crippen LogP contribution >= 0.6 is 0 Å². The first-order chi connectivity index (χ1) is 19.7. The van der Waals surface area contributed by atoms with Crippen LogP contribution in [0.5, 0.6) is 0 Å². The molecule has 0 atom stereocenters. The van der Waals surface area contributed by atoms with Crippen LogP contribution in [-0.2, 0) is 19.9 Å². The van der Waals surface area contributed by atoms with Crippen molar-refractivity contribution in [3.8, 4) is 0 Å². The Morgan fingerprint density at radius 2 is 1.56 bits per heavy atom. The zero-order valence-corrected chi connectivity index (χ0v) is 25.5. The average molecular weight is 538 g/mol. The summed E-state index contributed by atoms with van der Waals surface area (Å²) in [5.74, 6) is 0.836. The molecule has 206 valence electrons. The Morgan fingerprint density at radius 3 is 2.34 bits per heavy atom. The third-order valence-corrected chi connectivity index (χ3v) is 10.1. The van der Waals surface area contributed by atoms with Gasteiger partial charge in [-0.3, -0.25) is 0 Å². The van der Waals surface area contributed by atoms with Crippen molar-refractivity contribution in [3.63, 3.8) is 0 Å². The fourth-order valence-electron chi connectivity index (χ4n) is 8.28. The molecule has 2 nitrogen and oxygen atoms in total. The van der Waals surface area contributed by atoms with Crippen LogP contribution in [0.25, 0.3) is 59.8 Å². The molecule has 8 rings (SSSR count). The number of hydrogen-bond acceptors (Lipinski definition) is 0. The van der Waals surface area contributed by atoms with E-state index in [9.17, 15) is 0 Å². The lowest BCUT2D eigenvalue weighted by Gasteiger charge is -2.24. The summed E-state index contributed by atoms with van der Waals surface area (Å²) in [6, 6.07) is 21.5. The third kappa shape index (κ3) is 3.65. The Hall–Kier alpha value is -3.65. The van der Waals surface area contributed by atoms with Gasteiger partial charge in [-0.05, 0) is 76.9 Å². The molecule has 0 bridgehead atoms. The maximum atomic E-state index is 2.70. The van der Waals surface area contributed by atoms with E-state index in [2.05, 4.69) is 111 Å². The molecule has 0 N–H and O–H groups in total. The van der Waals surface area contributed by atoms with Crippen LogP contribution in [0.1, 0.15) is 68.7 Å². The molecular weight excluding hydrogens is 496 g/mol. The minimum absolute atomic E-state index is 0.153. The number of rotatable bonds is 3. The van der Waals surface area contributed by atoms with Crippen molar-refractivity contribution in [1.82, 2.24) is 4.40 Å². The summed E-state index contributed by atoms with van der Waals surface area (Å²) in [6.45, 7) is 11.8. The molecule has 1 saturated carbocycles. The van der Waals surface area contributed by atoms with Crippen LogP contribution in [0.3, 0.4) is 0 Å². The van der Waals surface area contributed by atoms with Crippen LogP contribution in [0, 0.1) is 25.2 Å². The first kappa shape index (κ1) is 25.1. The van der Waals surface area contributed by atoms with Crippen molar-refractivity contribution in [1.29, 1.82) is 0 Å². The van der Waals surface area contributed by atoms with E-state index in [4.69, 9.17) is 0 Å². The molecule has 41 heavy (non-hydrogen) atoms. The lowest BCUT2D eigenvalue weighted by Crippen LogP contribution is -2.29.